The lowest BCUT2D eigenvalue weighted by molar-refractivity contribution is 0.253. The molecule has 2 aliphatic rings. The van der Waals surface area contributed by atoms with Gasteiger partial charge in [-0.05, 0) is 6.08 Å². The van der Waals surface area contributed by atoms with Gasteiger partial charge in [0.15, 0.2) is 0 Å². The second kappa shape index (κ2) is 3.69. The SMILES string of the molecule is C1=CN=CN(C2CNCCN2)C1. The van der Waals surface area contributed by atoms with Crippen LogP contribution in [0.2, 0.25) is 0 Å². The average molecular weight is 166 g/mol. The number of nitrogens with zero attached hydrogens (tertiary/aromatic N) is 2. The molecule has 1 fully saturated rings. The summed E-state index contributed by atoms with van der Waals surface area (Å²) in [5, 5.41) is 6.77. The monoisotopic (exact) mass is 166 g/mol. The first kappa shape index (κ1) is 7.76. The van der Waals surface area contributed by atoms with Crippen LogP contribution in [0, 0.1) is 0 Å². The Hall–Kier alpha value is -0.870. The summed E-state index contributed by atoms with van der Waals surface area (Å²) in [6.07, 6.45) is 6.21. The molecule has 0 saturated carbocycles. The highest BCUT2D eigenvalue weighted by Gasteiger charge is 2.17. The van der Waals surface area contributed by atoms with Crippen molar-refractivity contribution in [2.24, 2.45) is 4.99 Å². The Balaban J connectivity index is 1.90. The van der Waals surface area contributed by atoms with Crippen molar-refractivity contribution in [3.8, 4) is 0 Å². The lowest BCUT2D eigenvalue weighted by Gasteiger charge is -2.34. The van der Waals surface area contributed by atoms with Gasteiger partial charge in [0.2, 0.25) is 0 Å². The van der Waals surface area contributed by atoms with Gasteiger partial charge in [0, 0.05) is 32.4 Å². The minimum atomic E-state index is 0.410. The van der Waals surface area contributed by atoms with E-state index in [4.69, 9.17) is 0 Å². The van der Waals surface area contributed by atoms with Crippen LogP contribution >= 0.6 is 0 Å². The van der Waals surface area contributed by atoms with Gasteiger partial charge in [-0.2, -0.15) is 0 Å². The highest BCUT2D eigenvalue weighted by atomic mass is 15.3. The summed E-state index contributed by atoms with van der Waals surface area (Å²) in [5.41, 5.74) is 0. The highest BCUT2D eigenvalue weighted by Crippen LogP contribution is 1.99. The average Bonchev–Trinajstić information content (AvgIpc) is 2.21. The van der Waals surface area contributed by atoms with Gasteiger partial charge < -0.3 is 10.2 Å². The Bertz CT molecular complexity index is 193. The number of hydrogen-bond donors (Lipinski definition) is 2. The van der Waals surface area contributed by atoms with Crippen LogP contribution in [0.15, 0.2) is 17.3 Å². The third kappa shape index (κ3) is 1.65. The van der Waals surface area contributed by atoms with Gasteiger partial charge in [0.1, 0.15) is 0 Å². The van der Waals surface area contributed by atoms with E-state index in [1.54, 1.807) is 0 Å². The van der Waals surface area contributed by atoms with E-state index in [0.29, 0.717) is 6.17 Å². The third-order valence-corrected chi connectivity index (χ3v) is 2.14. The van der Waals surface area contributed by atoms with Gasteiger partial charge in [-0.15, -0.1) is 0 Å². The molecule has 0 aromatic rings. The van der Waals surface area contributed by atoms with Crippen molar-refractivity contribution in [1.82, 2.24) is 15.5 Å². The molecule has 4 heteroatoms. The first-order valence-electron chi connectivity index (χ1n) is 4.35. The molecule has 0 aromatic carbocycles. The first-order chi connectivity index (χ1) is 5.97. The van der Waals surface area contributed by atoms with Crippen LogP contribution < -0.4 is 10.6 Å². The minimum absolute atomic E-state index is 0.410. The molecule has 0 aliphatic carbocycles. The molecule has 0 bridgehead atoms. The fourth-order valence-electron chi connectivity index (χ4n) is 1.48. The van der Waals surface area contributed by atoms with Crippen molar-refractivity contribution < 1.29 is 0 Å². The van der Waals surface area contributed by atoms with Crippen molar-refractivity contribution in [3.63, 3.8) is 0 Å². The van der Waals surface area contributed by atoms with E-state index in [1.807, 2.05) is 12.5 Å². The van der Waals surface area contributed by atoms with Crippen LogP contribution in [0.25, 0.3) is 0 Å². The summed E-state index contributed by atoms with van der Waals surface area (Å²) >= 11 is 0. The maximum Gasteiger partial charge on any atom is 0.0934 e. The maximum atomic E-state index is 4.09. The van der Waals surface area contributed by atoms with Gasteiger partial charge in [-0.3, -0.25) is 5.32 Å². The normalized spacial score (nSPS) is 29.3. The maximum absolute atomic E-state index is 4.09. The number of nitrogens with one attached hydrogen (secondary N) is 2. The summed E-state index contributed by atoms with van der Waals surface area (Å²) < 4.78 is 0. The largest absolute Gasteiger partial charge is 0.342 e. The summed E-state index contributed by atoms with van der Waals surface area (Å²) in [4.78, 5) is 6.29. The number of rotatable bonds is 1. The summed E-state index contributed by atoms with van der Waals surface area (Å²) in [6, 6.07) is 0. The van der Waals surface area contributed by atoms with E-state index in [1.165, 1.54) is 0 Å². The van der Waals surface area contributed by atoms with E-state index in [0.717, 1.165) is 26.2 Å². The van der Waals surface area contributed by atoms with Gasteiger partial charge in [0.05, 0.1) is 12.5 Å². The molecule has 0 spiro atoms. The summed E-state index contributed by atoms with van der Waals surface area (Å²) in [6.45, 7) is 4.07. The van der Waals surface area contributed by atoms with Crippen molar-refractivity contribution in [2.45, 2.75) is 6.17 Å². The molecule has 66 valence electrons. The molecule has 1 unspecified atom stereocenters. The Labute approximate surface area is 72.3 Å². The van der Waals surface area contributed by atoms with Gasteiger partial charge >= 0.3 is 0 Å². The highest BCUT2D eigenvalue weighted by molar-refractivity contribution is 5.58. The summed E-state index contributed by atoms with van der Waals surface area (Å²) in [7, 11) is 0. The first-order valence-corrected chi connectivity index (χ1v) is 4.35. The molecular weight excluding hydrogens is 152 g/mol. The van der Waals surface area contributed by atoms with Gasteiger partial charge in [0.25, 0.3) is 0 Å². The predicted octanol–water partition coefficient (Wildman–Crippen LogP) is -0.637. The molecule has 1 saturated heterocycles. The third-order valence-electron chi connectivity index (χ3n) is 2.14. The molecule has 0 aromatic heterocycles. The van der Waals surface area contributed by atoms with Gasteiger partial charge in [-0.1, -0.05) is 0 Å². The predicted molar refractivity (Wildman–Crippen MR) is 49.0 cm³/mol. The van der Waals surface area contributed by atoms with E-state index in [-0.39, 0.29) is 0 Å². The Morgan fingerprint density at radius 2 is 2.42 bits per heavy atom. The minimum Gasteiger partial charge on any atom is -0.342 e. The topological polar surface area (TPSA) is 39.7 Å². The van der Waals surface area contributed by atoms with Crippen molar-refractivity contribution >= 4 is 6.34 Å². The zero-order valence-corrected chi connectivity index (χ0v) is 7.03. The standard InChI is InChI=1S/C8H14N4/c1-2-10-7-12(5-1)8-6-9-3-4-11-8/h1-2,7-9,11H,3-6H2. The van der Waals surface area contributed by atoms with Crippen LogP contribution in [0.1, 0.15) is 0 Å². The quantitative estimate of drug-likeness (QED) is 0.544. The molecule has 1 atom stereocenters. The molecule has 4 nitrogen and oxygen atoms in total. The van der Waals surface area contributed by atoms with E-state index < -0.39 is 0 Å². The molecule has 2 rings (SSSR count). The van der Waals surface area contributed by atoms with Crippen LogP contribution in [0.4, 0.5) is 0 Å². The smallest absolute Gasteiger partial charge is 0.0934 e. The Morgan fingerprint density at radius 1 is 1.42 bits per heavy atom. The number of hydrogen-bond acceptors (Lipinski definition) is 4. The van der Waals surface area contributed by atoms with Crippen LogP contribution in [-0.2, 0) is 0 Å². The second-order valence-corrected chi connectivity index (χ2v) is 3.02. The molecule has 0 amide bonds. The van der Waals surface area contributed by atoms with E-state index in [2.05, 4.69) is 26.6 Å². The molecule has 2 aliphatic heterocycles. The zero-order valence-electron chi connectivity index (χ0n) is 7.03. The second-order valence-electron chi connectivity index (χ2n) is 3.02. The molecule has 2 heterocycles. The molecular formula is C8H14N4. The summed E-state index contributed by atoms with van der Waals surface area (Å²) in [5.74, 6) is 0. The fourth-order valence-corrected chi connectivity index (χ4v) is 1.48. The van der Waals surface area contributed by atoms with Crippen molar-refractivity contribution in [3.05, 3.63) is 12.3 Å². The lowest BCUT2D eigenvalue weighted by atomic mass is 10.3. The van der Waals surface area contributed by atoms with Gasteiger partial charge in [-0.25, -0.2) is 4.99 Å². The number of piperazine rings is 1. The van der Waals surface area contributed by atoms with Crippen LogP contribution in [0.3, 0.4) is 0 Å². The van der Waals surface area contributed by atoms with E-state index >= 15 is 0 Å². The van der Waals surface area contributed by atoms with Crippen LogP contribution in [-0.4, -0.2) is 43.6 Å². The van der Waals surface area contributed by atoms with Crippen molar-refractivity contribution in [2.75, 3.05) is 26.2 Å². The molecule has 0 radical (unpaired) electrons. The lowest BCUT2D eigenvalue weighted by Crippen LogP contribution is -2.57. The van der Waals surface area contributed by atoms with E-state index in [9.17, 15) is 0 Å². The molecule has 12 heavy (non-hydrogen) atoms. The number of aliphatic imine (C=N–C) groups is 1. The van der Waals surface area contributed by atoms with Crippen molar-refractivity contribution in [1.29, 1.82) is 0 Å². The molecule has 2 N–H and O–H groups in total. The fraction of sp³-hybridized carbons (Fsp3) is 0.625. The Kier molecular flexibility index (Phi) is 2.39. The Morgan fingerprint density at radius 3 is 3.08 bits per heavy atom. The zero-order chi connectivity index (χ0) is 8.23. The van der Waals surface area contributed by atoms with Crippen LogP contribution in [0.5, 0.6) is 0 Å².